The molecule has 1 aliphatic carbocycles. The Morgan fingerprint density at radius 3 is 2.33 bits per heavy atom. The van der Waals surface area contributed by atoms with E-state index in [4.69, 9.17) is 5.73 Å². The topological polar surface area (TPSA) is 46.2 Å². The highest BCUT2D eigenvalue weighted by Crippen LogP contribution is 2.32. The molecule has 12 heavy (non-hydrogen) atoms. The molecule has 2 nitrogen and oxygen atoms in total. The SMILES string of the molecule is CC(C)[C@H]1CC(C)[C@@H](N)[C@@H](O)C1. The van der Waals surface area contributed by atoms with Gasteiger partial charge in [0.2, 0.25) is 0 Å². The quantitative estimate of drug-likeness (QED) is 0.626. The van der Waals surface area contributed by atoms with Crippen molar-refractivity contribution in [2.24, 2.45) is 23.5 Å². The fourth-order valence-electron chi connectivity index (χ4n) is 2.12. The highest BCUT2D eigenvalue weighted by atomic mass is 16.3. The molecule has 0 heterocycles. The largest absolute Gasteiger partial charge is 0.391 e. The molecule has 1 unspecified atom stereocenters. The summed E-state index contributed by atoms with van der Waals surface area (Å²) in [7, 11) is 0. The van der Waals surface area contributed by atoms with Crippen LogP contribution < -0.4 is 5.73 Å². The zero-order chi connectivity index (χ0) is 9.30. The summed E-state index contributed by atoms with van der Waals surface area (Å²) >= 11 is 0. The van der Waals surface area contributed by atoms with Gasteiger partial charge in [0.25, 0.3) is 0 Å². The first-order chi connectivity index (χ1) is 5.52. The Kier molecular flexibility index (Phi) is 3.13. The summed E-state index contributed by atoms with van der Waals surface area (Å²) in [4.78, 5) is 0. The minimum Gasteiger partial charge on any atom is -0.391 e. The zero-order valence-electron chi connectivity index (χ0n) is 8.33. The molecule has 0 aromatic rings. The molecule has 72 valence electrons. The molecule has 1 rings (SSSR count). The summed E-state index contributed by atoms with van der Waals surface area (Å²) < 4.78 is 0. The van der Waals surface area contributed by atoms with Crippen LogP contribution in [0.15, 0.2) is 0 Å². The second kappa shape index (κ2) is 3.75. The van der Waals surface area contributed by atoms with Crippen LogP contribution in [-0.2, 0) is 0 Å². The van der Waals surface area contributed by atoms with E-state index in [1.807, 2.05) is 0 Å². The van der Waals surface area contributed by atoms with Gasteiger partial charge in [0.1, 0.15) is 0 Å². The van der Waals surface area contributed by atoms with Gasteiger partial charge < -0.3 is 10.8 Å². The summed E-state index contributed by atoms with van der Waals surface area (Å²) in [5.74, 6) is 1.81. The van der Waals surface area contributed by atoms with Crippen molar-refractivity contribution < 1.29 is 5.11 Å². The van der Waals surface area contributed by atoms with Gasteiger partial charge in [-0.3, -0.25) is 0 Å². The Balaban J connectivity index is 2.53. The predicted octanol–water partition coefficient (Wildman–Crippen LogP) is 1.38. The molecule has 0 amide bonds. The third-order valence-electron chi connectivity index (χ3n) is 3.26. The molecule has 1 saturated carbocycles. The zero-order valence-corrected chi connectivity index (χ0v) is 8.33. The van der Waals surface area contributed by atoms with E-state index in [1.54, 1.807) is 0 Å². The Bertz CT molecular complexity index is 135. The van der Waals surface area contributed by atoms with E-state index in [0.29, 0.717) is 17.8 Å². The van der Waals surface area contributed by atoms with Crippen LogP contribution in [0.2, 0.25) is 0 Å². The maximum Gasteiger partial charge on any atom is 0.0696 e. The van der Waals surface area contributed by atoms with Crippen LogP contribution in [-0.4, -0.2) is 17.3 Å². The van der Waals surface area contributed by atoms with Gasteiger partial charge >= 0.3 is 0 Å². The first-order valence-corrected chi connectivity index (χ1v) is 4.96. The predicted molar refractivity (Wildman–Crippen MR) is 50.7 cm³/mol. The summed E-state index contributed by atoms with van der Waals surface area (Å²) in [6.07, 6.45) is 1.79. The van der Waals surface area contributed by atoms with Crippen molar-refractivity contribution in [2.45, 2.75) is 45.8 Å². The maximum absolute atomic E-state index is 9.64. The monoisotopic (exact) mass is 171 g/mol. The van der Waals surface area contributed by atoms with E-state index in [0.717, 1.165) is 6.42 Å². The normalized spacial score (nSPS) is 43.5. The number of rotatable bonds is 1. The van der Waals surface area contributed by atoms with Crippen LogP contribution >= 0.6 is 0 Å². The van der Waals surface area contributed by atoms with E-state index in [1.165, 1.54) is 6.42 Å². The van der Waals surface area contributed by atoms with Gasteiger partial charge in [0, 0.05) is 6.04 Å². The molecule has 1 fully saturated rings. The number of aliphatic hydroxyl groups is 1. The third-order valence-corrected chi connectivity index (χ3v) is 3.26. The second-order valence-electron chi connectivity index (χ2n) is 4.60. The third kappa shape index (κ3) is 1.99. The van der Waals surface area contributed by atoms with Gasteiger partial charge in [-0.2, -0.15) is 0 Å². The fourth-order valence-corrected chi connectivity index (χ4v) is 2.12. The van der Waals surface area contributed by atoms with Crippen LogP contribution in [0.3, 0.4) is 0 Å². The minimum atomic E-state index is -0.277. The molecule has 4 atom stereocenters. The van der Waals surface area contributed by atoms with E-state index >= 15 is 0 Å². The summed E-state index contributed by atoms with van der Waals surface area (Å²) in [6.45, 7) is 6.59. The van der Waals surface area contributed by atoms with E-state index in [9.17, 15) is 5.11 Å². The van der Waals surface area contributed by atoms with Crippen LogP contribution in [0, 0.1) is 17.8 Å². The molecule has 0 bridgehead atoms. The summed E-state index contributed by atoms with van der Waals surface area (Å²) in [5, 5.41) is 9.64. The molecular formula is C10H21NO. The fraction of sp³-hybridized carbons (Fsp3) is 1.00. The molecule has 0 aromatic carbocycles. The first-order valence-electron chi connectivity index (χ1n) is 4.96. The van der Waals surface area contributed by atoms with Gasteiger partial charge in [-0.15, -0.1) is 0 Å². The smallest absolute Gasteiger partial charge is 0.0696 e. The standard InChI is InChI=1S/C10H21NO/c1-6(2)8-4-7(3)10(11)9(12)5-8/h6-10,12H,4-5,11H2,1-3H3/t7?,8-,9-,10+/m0/s1. The van der Waals surface area contributed by atoms with E-state index in [-0.39, 0.29) is 12.1 Å². The lowest BCUT2D eigenvalue weighted by molar-refractivity contribution is 0.0391. The molecule has 0 radical (unpaired) electrons. The van der Waals surface area contributed by atoms with Crippen molar-refractivity contribution >= 4 is 0 Å². The van der Waals surface area contributed by atoms with Gasteiger partial charge in [-0.05, 0) is 30.6 Å². The van der Waals surface area contributed by atoms with Crippen molar-refractivity contribution in [3.8, 4) is 0 Å². The van der Waals surface area contributed by atoms with Gasteiger partial charge in [-0.25, -0.2) is 0 Å². The molecule has 2 heteroatoms. The van der Waals surface area contributed by atoms with Crippen LogP contribution in [0.25, 0.3) is 0 Å². The molecule has 0 spiro atoms. The van der Waals surface area contributed by atoms with Crippen LogP contribution in [0.1, 0.15) is 33.6 Å². The maximum atomic E-state index is 9.64. The van der Waals surface area contributed by atoms with Crippen molar-refractivity contribution in [1.82, 2.24) is 0 Å². The lowest BCUT2D eigenvalue weighted by atomic mass is 9.73. The van der Waals surface area contributed by atoms with Crippen molar-refractivity contribution in [3.05, 3.63) is 0 Å². The Labute approximate surface area is 75.2 Å². The lowest BCUT2D eigenvalue weighted by Crippen LogP contribution is -2.46. The number of aliphatic hydroxyl groups excluding tert-OH is 1. The second-order valence-corrected chi connectivity index (χ2v) is 4.60. The molecule has 3 N–H and O–H groups in total. The van der Waals surface area contributed by atoms with Crippen LogP contribution in [0.5, 0.6) is 0 Å². The molecule has 1 aliphatic rings. The highest BCUT2D eigenvalue weighted by Gasteiger charge is 2.32. The Morgan fingerprint density at radius 1 is 1.33 bits per heavy atom. The Morgan fingerprint density at radius 2 is 1.92 bits per heavy atom. The highest BCUT2D eigenvalue weighted by molar-refractivity contribution is 4.87. The summed E-state index contributed by atoms with van der Waals surface area (Å²) in [6, 6.07) is -0.000000000000000222. The average Bonchev–Trinajstić information content (AvgIpc) is 1.99. The van der Waals surface area contributed by atoms with Gasteiger partial charge in [0.15, 0.2) is 0 Å². The van der Waals surface area contributed by atoms with Crippen molar-refractivity contribution in [1.29, 1.82) is 0 Å². The number of hydrogen-bond donors (Lipinski definition) is 2. The molecule has 0 saturated heterocycles. The van der Waals surface area contributed by atoms with Gasteiger partial charge in [0.05, 0.1) is 6.10 Å². The minimum absolute atomic E-state index is 0.000000000000000222. The number of hydrogen-bond acceptors (Lipinski definition) is 2. The van der Waals surface area contributed by atoms with E-state index in [2.05, 4.69) is 20.8 Å². The number of nitrogens with two attached hydrogens (primary N) is 1. The van der Waals surface area contributed by atoms with Crippen molar-refractivity contribution in [2.75, 3.05) is 0 Å². The summed E-state index contributed by atoms with van der Waals surface area (Å²) in [5.41, 5.74) is 5.83. The van der Waals surface area contributed by atoms with Crippen molar-refractivity contribution in [3.63, 3.8) is 0 Å². The van der Waals surface area contributed by atoms with Gasteiger partial charge in [-0.1, -0.05) is 20.8 Å². The Hall–Kier alpha value is -0.0800. The lowest BCUT2D eigenvalue weighted by Gasteiger charge is -2.37. The molecule has 0 aliphatic heterocycles. The molecular weight excluding hydrogens is 150 g/mol. The van der Waals surface area contributed by atoms with E-state index < -0.39 is 0 Å². The first kappa shape index (κ1) is 10.0. The average molecular weight is 171 g/mol. The van der Waals surface area contributed by atoms with Crippen LogP contribution in [0.4, 0.5) is 0 Å². The molecule has 0 aromatic heterocycles.